The van der Waals surface area contributed by atoms with Crippen molar-refractivity contribution in [1.82, 2.24) is 5.32 Å². The Balaban J connectivity index is 1.92. The number of methoxy groups -OCH3 is 1. The van der Waals surface area contributed by atoms with Crippen LogP contribution < -0.4 is 14.4 Å². The molecule has 0 radical (unpaired) electrons. The van der Waals surface area contributed by atoms with Gasteiger partial charge >= 0.3 is 0 Å². The van der Waals surface area contributed by atoms with Crippen molar-refractivity contribution in [2.75, 3.05) is 24.2 Å². The maximum Gasteiger partial charge on any atom is 0.264 e. The number of carbonyl (C=O) groups is 1. The number of benzene rings is 3. The molecule has 0 spiro atoms. The van der Waals surface area contributed by atoms with Gasteiger partial charge in [-0.05, 0) is 78.8 Å². The third-order valence-electron chi connectivity index (χ3n) is 5.59. The second-order valence-corrected chi connectivity index (χ2v) is 11.4. The highest BCUT2D eigenvalue weighted by molar-refractivity contribution is 7.98. The van der Waals surface area contributed by atoms with Crippen LogP contribution >= 0.6 is 11.8 Å². The number of ether oxygens (including phenoxy) is 1. The van der Waals surface area contributed by atoms with Crippen LogP contribution in [0.15, 0.2) is 82.6 Å². The summed E-state index contributed by atoms with van der Waals surface area (Å²) >= 11 is 1.49. The molecule has 0 aliphatic heterocycles. The molecule has 192 valence electrons. The van der Waals surface area contributed by atoms with Gasteiger partial charge in [0.25, 0.3) is 10.0 Å². The van der Waals surface area contributed by atoms with Crippen LogP contribution in [0.5, 0.6) is 5.75 Å². The standard InChI is InChI=1S/C27H31FN2O4S2/c1-19(2)16-26(20-8-10-23(34-3)11-9-20)29-27(31)18-30(22-7-5-6-21(28)17-22)36(32,33)25-14-12-24(35-4)13-15-25/h5-15,17,19,26H,16,18H2,1-4H3,(H,29,31). The Hall–Kier alpha value is -3.04. The number of anilines is 1. The Labute approximate surface area is 216 Å². The number of hydrogen-bond acceptors (Lipinski definition) is 5. The minimum Gasteiger partial charge on any atom is -0.497 e. The van der Waals surface area contributed by atoms with Crippen LogP contribution in [-0.4, -0.2) is 34.2 Å². The van der Waals surface area contributed by atoms with Crippen molar-refractivity contribution in [1.29, 1.82) is 0 Å². The number of halogens is 1. The third-order valence-corrected chi connectivity index (χ3v) is 8.12. The maximum absolute atomic E-state index is 14.1. The first-order valence-electron chi connectivity index (χ1n) is 11.5. The molecule has 3 aromatic rings. The highest BCUT2D eigenvalue weighted by Crippen LogP contribution is 2.27. The molecular weight excluding hydrogens is 499 g/mol. The molecule has 9 heteroatoms. The summed E-state index contributed by atoms with van der Waals surface area (Å²) in [5, 5.41) is 2.98. The molecule has 3 aromatic carbocycles. The van der Waals surface area contributed by atoms with Crippen molar-refractivity contribution in [2.24, 2.45) is 5.92 Å². The fraction of sp³-hybridized carbons (Fsp3) is 0.296. The van der Waals surface area contributed by atoms with Gasteiger partial charge in [0.2, 0.25) is 5.91 Å². The van der Waals surface area contributed by atoms with Gasteiger partial charge in [-0.3, -0.25) is 9.10 Å². The summed E-state index contributed by atoms with van der Waals surface area (Å²) in [6.45, 7) is 3.59. The molecule has 0 fully saturated rings. The van der Waals surface area contributed by atoms with E-state index in [9.17, 15) is 17.6 Å². The van der Waals surface area contributed by atoms with Crippen molar-refractivity contribution in [3.63, 3.8) is 0 Å². The van der Waals surface area contributed by atoms with Crippen molar-refractivity contribution < 1.29 is 22.3 Å². The number of nitrogens with one attached hydrogen (secondary N) is 1. The van der Waals surface area contributed by atoms with E-state index in [4.69, 9.17) is 4.74 Å². The molecule has 0 aromatic heterocycles. The number of sulfonamides is 1. The van der Waals surface area contributed by atoms with E-state index in [-0.39, 0.29) is 22.5 Å². The lowest BCUT2D eigenvalue weighted by atomic mass is 9.97. The van der Waals surface area contributed by atoms with Crippen molar-refractivity contribution in [2.45, 2.75) is 36.1 Å². The highest BCUT2D eigenvalue weighted by atomic mass is 32.2. The van der Waals surface area contributed by atoms with Crippen molar-refractivity contribution >= 4 is 33.4 Å². The predicted molar refractivity (Wildman–Crippen MR) is 142 cm³/mol. The molecule has 3 rings (SSSR count). The van der Waals surface area contributed by atoms with E-state index in [1.54, 1.807) is 19.2 Å². The van der Waals surface area contributed by atoms with Crippen LogP contribution in [0.3, 0.4) is 0 Å². The Morgan fingerprint density at radius 3 is 2.28 bits per heavy atom. The summed E-state index contributed by atoms with van der Waals surface area (Å²) in [6.07, 6.45) is 2.55. The molecular formula is C27H31FN2O4S2. The summed E-state index contributed by atoms with van der Waals surface area (Å²) in [5.41, 5.74) is 0.953. The molecule has 36 heavy (non-hydrogen) atoms. The van der Waals surface area contributed by atoms with Gasteiger partial charge in [0.15, 0.2) is 0 Å². The first-order chi connectivity index (χ1) is 17.1. The minimum absolute atomic E-state index is 0.0197. The average Bonchev–Trinajstić information content (AvgIpc) is 2.86. The number of thioether (sulfide) groups is 1. The molecule has 0 saturated carbocycles. The van der Waals surface area contributed by atoms with Gasteiger partial charge in [-0.15, -0.1) is 11.8 Å². The zero-order chi connectivity index (χ0) is 26.3. The Morgan fingerprint density at radius 1 is 1.06 bits per heavy atom. The lowest BCUT2D eigenvalue weighted by Crippen LogP contribution is -2.42. The SMILES string of the molecule is COc1ccc(C(CC(C)C)NC(=O)CN(c2cccc(F)c2)S(=O)(=O)c2ccc(SC)cc2)cc1. The molecule has 1 unspecified atom stereocenters. The molecule has 0 aliphatic rings. The molecule has 0 heterocycles. The third kappa shape index (κ3) is 7.01. The fourth-order valence-corrected chi connectivity index (χ4v) is 5.60. The Bertz CT molecular complexity index is 1260. The van der Waals surface area contributed by atoms with E-state index in [1.807, 2.05) is 44.4 Å². The number of rotatable bonds is 11. The Kier molecular flexibility index (Phi) is 9.39. The van der Waals surface area contributed by atoms with Crippen LogP contribution in [0.2, 0.25) is 0 Å². The molecule has 0 bridgehead atoms. The monoisotopic (exact) mass is 530 g/mol. The van der Waals surface area contributed by atoms with E-state index in [0.29, 0.717) is 12.2 Å². The average molecular weight is 531 g/mol. The zero-order valence-electron chi connectivity index (χ0n) is 20.8. The van der Waals surface area contributed by atoms with Crippen molar-refractivity contribution in [3.8, 4) is 5.75 Å². The van der Waals surface area contributed by atoms with Crippen LogP contribution in [0, 0.1) is 11.7 Å². The maximum atomic E-state index is 14.1. The van der Waals surface area contributed by atoms with E-state index in [2.05, 4.69) is 5.32 Å². The molecule has 1 amide bonds. The van der Waals surface area contributed by atoms with Crippen LogP contribution in [0.1, 0.15) is 31.9 Å². The van der Waals surface area contributed by atoms with Gasteiger partial charge in [-0.25, -0.2) is 12.8 Å². The summed E-state index contributed by atoms with van der Waals surface area (Å²) in [4.78, 5) is 14.2. The van der Waals surface area contributed by atoms with Gasteiger partial charge in [0.05, 0.1) is 23.7 Å². The fourth-order valence-electron chi connectivity index (χ4n) is 3.78. The van der Waals surface area contributed by atoms with E-state index >= 15 is 0 Å². The Morgan fingerprint density at radius 2 is 1.72 bits per heavy atom. The first-order valence-corrected chi connectivity index (χ1v) is 14.2. The largest absolute Gasteiger partial charge is 0.497 e. The predicted octanol–water partition coefficient (Wildman–Crippen LogP) is 5.66. The smallest absolute Gasteiger partial charge is 0.264 e. The zero-order valence-corrected chi connectivity index (χ0v) is 22.4. The summed E-state index contributed by atoms with van der Waals surface area (Å²) < 4.78 is 47.4. The van der Waals surface area contributed by atoms with Gasteiger partial charge in [-0.2, -0.15) is 0 Å². The molecule has 1 N–H and O–H groups in total. The lowest BCUT2D eigenvalue weighted by molar-refractivity contribution is -0.120. The van der Waals surface area contributed by atoms with Crippen LogP contribution in [-0.2, 0) is 14.8 Å². The molecule has 0 saturated heterocycles. The second kappa shape index (κ2) is 12.3. The van der Waals surface area contributed by atoms with E-state index in [1.165, 1.54) is 42.1 Å². The van der Waals surface area contributed by atoms with Crippen LogP contribution in [0.25, 0.3) is 0 Å². The van der Waals surface area contributed by atoms with E-state index in [0.717, 1.165) is 20.8 Å². The summed E-state index contributed by atoms with van der Waals surface area (Å²) in [7, 11) is -2.56. The summed E-state index contributed by atoms with van der Waals surface area (Å²) in [6, 6.07) is 18.7. The normalized spacial score (nSPS) is 12.3. The lowest BCUT2D eigenvalue weighted by Gasteiger charge is -2.26. The summed E-state index contributed by atoms with van der Waals surface area (Å²) in [5.74, 6) is -0.119. The van der Waals surface area contributed by atoms with Crippen LogP contribution in [0.4, 0.5) is 10.1 Å². The van der Waals surface area contributed by atoms with Gasteiger partial charge in [0, 0.05) is 4.90 Å². The van der Waals surface area contributed by atoms with Gasteiger partial charge in [0.1, 0.15) is 18.1 Å². The quantitative estimate of drug-likeness (QED) is 0.324. The second-order valence-electron chi connectivity index (χ2n) is 8.69. The number of carbonyl (C=O) groups excluding carboxylic acids is 1. The van der Waals surface area contributed by atoms with Crippen molar-refractivity contribution in [3.05, 3.63) is 84.2 Å². The first kappa shape index (κ1) is 27.5. The van der Waals surface area contributed by atoms with E-state index < -0.39 is 28.3 Å². The molecule has 6 nitrogen and oxygen atoms in total. The van der Waals surface area contributed by atoms with Gasteiger partial charge < -0.3 is 10.1 Å². The minimum atomic E-state index is -4.14. The number of amides is 1. The van der Waals surface area contributed by atoms with Gasteiger partial charge in [-0.1, -0.05) is 32.0 Å². The topological polar surface area (TPSA) is 75.7 Å². The number of hydrogen-bond donors (Lipinski definition) is 1. The molecule has 1 atom stereocenters. The highest BCUT2D eigenvalue weighted by Gasteiger charge is 2.28. The molecule has 0 aliphatic carbocycles. The number of nitrogens with zero attached hydrogens (tertiary/aromatic N) is 1.